The Morgan fingerprint density at radius 3 is 2.21 bits per heavy atom. The number of amides is 3. The first kappa shape index (κ1) is 35.4. The van der Waals surface area contributed by atoms with Gasteiger partial charge in [-0.25, -0.2) is 0 Å². The van der Waals surface area contributed by atoms with Gasteiger partial charge in [0.15, 0.2) is 0 Å². The average molecular weight is 657 g/mol. The number of ether oxygens (including phenoxy) is 1. The van der Waals surface area contributed by atoms with Crippen LogP contribution in [0.4, 0.5) is 11.4 Å². The third-order valence-electron chi connectivity index (χ3n) is 10.7. The number of rotatable bonds is 16. The first-order valence-electron chi connectivity index (χ1n) is 17.5. The SMILES string of the molecule is C=CCN(CCC)C(=O)[C@@H]1[C@H]2C(=O)N([C@@H](CO)Cc3ccccc3)C(C(=O)N(CC=C)c3ccc(N(CC)CC)cc3)C23CC[C@@]1(C)O3. The Hall–Kier alpha value is -3.95. The summed E-state index contributed by atoms with van der Waals surface area (Å²) >= 11 is 0. The Bertz CT molecular complexity index is 1480. The number of nitrogens with zero attached hydrogens (tertiary/aromatic N) is 4. The Kier molecular flexibility index (Phi) is 10.8. The van der Waals surface area contributed by atoms with Crippen LogP contribution < -0.4 is 9.80 Å². The van der Waals surface area contributed by atoms with E-state index in [-0.39, 0.29) is 30.9 Å². The molecule has 0 radical (unpaired) electrons. The fourth-order valence-electron chi connectivity index (χ4n) is 8.49. The highest BCUT2D eigenvalue weighted by molar-refractivity contribution is 6.05. The van der Waals surface area contributed by atoms with Gasteiger partial charge in [-0.15, -0.1) is 13.2 Å². The lowest BCUT2D eigenvalue weighted by Gasteiger charge is -2.39. The van der Waals surface area contributed by atoms with Crippen molar-refractivity contribution in [3.8, 4) is 0 Å². The van der Waals surface area contributed by atoms with E-state index in [2.05, 4.69) is 31.9 Å². The number of hydrogen-bond acceptors (Lipinski definition) is 6. The van der Waals surface area contributed by atoms with Gasteiger partial charge < -0.3 is 29.4 Å². The monoisotopic (exact) mass is 656 g/mol. The highest BCUT2D eigenvalue weighted by Gasteiger charge is 2.78. The van der Waals surface area contributed by atoms with Gasteiger partial charge >= 0.3 is 0 Å². The van der Waals surface area contributed by atoms with Crippen LogP contribution in [0.2, 0.25) is 0 Å². The normalized spacial score (nSPS) is 26.2. The molecule has 3 aliphatic heterocycles. The third-order valence-corrected chi connectivity index (χ3v) is 10.7. The van der Waals surface area contributed by atoms with E-state index in [1.54, 1.807) is 26.9 Å². The predicted octanol–water partition coefficient (Wildman–Crippen LogP) is 4.84. The summed E-state index contributed by atoms with van der Waals surface area (Å²) < 4.78 is 6.94. The number of hydrogen-bond donors (Lipinski definition) is 1. The zero-order chi connectivity index (χ0) is 34.6. The van der Waals surface area contributed by atoms with Crippen molar-refractivity contribution in [3.05, 3.63) is 85.5 Å². The van der Waals surface area contributed by atoms with E-state index in [4.69, 9.17) is 4.74 Å². The maximum Gasteiger partial charge on any atom is 0.253 e. The minimum absolute atomic E-state index is 0.147. The molecule has 48 heavy (non-hydrogen) atoms. The summed E-state index contributed by atoms with van der Waals surface area (Å²) in [6.07, 6.45) is 5.49. The van der Waals surface area contributed by atoms with Crippen LogP contribution in [-0.4, -0.2) is 95.2 Å². The van der Waals surface area contributed by atoms with Gasteiger partial charge in [0.1, 0.15) is 11.6 Å². The summed E-state index contributed by atoms with van der Waals surface area (Å²) in [6.45, 7) is 18.4. The van der Waals surface area contributed by atoms with E-state index in [1.807, 2.05) is 68.4 Å². The largest absolute Gasteiger partial charge is 0.394 e. The van der Waals surface area contributed by atoms with Crippen LogP contribution in [0.25, 0.3) is 0 Å². The molecular formula is C39H52N4O5. The lowest BCUT2D eigenvalue weighted by atomic mass is 9.66. The van der Waals surface area contributed by atoms with E-state index in [1.165, 1.54) is 0 Å². The molecule has 3 saturated heterocycles. The molecule has 3 amide bonds. The van der Waals surface area contributed by atoms with E-state index in [0.717, 1.165) is 30.8 Å². The molecule has 9 heteroatoms. The Labute approximate surface area is 285 Å². The second-order valence-electron chi connectivity index (χ2n) is 13.5. The Balaban J connectivity index is 1.61. The van der Waals surface area contributed by atoms with Gasteiger partial charge in [0.2, 0.25) is 11.8 Å². The van der Waals surface area contributed by atoms with Gasteiger partial charge in [-0.05, 0) is 76.3 Å². The van der Waals surface area contributed by atoms with Crippen molar-refractivity contribution in [3.63, 3.8) is 0 Å². The molecule has 1 spiro atoms. The number of aliphatic hydroxyl groups excluding tert-OH is 1. The fraction of sp³-hybridized carbons (Fsp3) is 0.513. The average Bonchev–Trinajstić information content (AvgIpc) is 3.67. The minimum Gasteiger partial charge on any atom is -0.394 e. The van der Waals surface area contributed by atoms with Crippen LogP contribution in [0.5, 0.6) is 0 Å². The van der Waals surface area contributed by atoms with E-state index in [9.17, 15) is 14.7 Å². The number of aliphatic hydroxyl groups is 1. The van der Waals surface area contributed by atoms with Gasteiger partial charge in [-0.1, -0.05) is 49.4 Å². The number of fused-ring (bicyclic) bond motifs is 1. The van der Waals surface area contributed by atoms with Gasteiger partial charge in [-0.2, -0.15) is 0 Å². The third kappa shape index (κ3) is 6.07. The highest BCUT2D eigenvalue weighted by Crippen LogP contribution is 2.64. The molecule has 0 aliphatic carbocycles. The molecule has 6 atom stereocenters. The van der Waals surface area contributed by atoms with E-state index < -0.39 is 35.1 Å². The van der Waals surface area contributed by atoms with Gasteiger partial charge in [0.05, 0.1) is 30.1 Å². The van der Waals surface area contributed by atoms with E-state index in [0.29, 0.717) is 38.0 Å². The first-order chi connectivity index (χ1) is 23.1. The highest BCUT2D eigenvalue weighted by atomic mass is 16.5. The molecule has 3 aliphatic rings. The first-order valence-corrected chi connectivity index (χ1v) is 17.5. The van der Waals surface area contributed by atoms with Crippen LogP contribution in [0.1, 0.15) is 52.5 Å². The molecule has 2 aromatic carbocycles. The van der Waals surface area contributed by atoms with Crippen molar-refractivity contribution in [2.24, 2.45) is 11.8 Å². The molecule has 9 nitrogen and oxygen atoms in total. The van der Waals surface area contributed by atoms with Crippen molar-refractivity contribution in [2.75, 3.05) is 49.1 Å². The summed E-state index contributed by atoms with van der Waals surface area (Å²) in [5.74, 6) is -2.38. The van der Waals surface area contributed by atoms with Crippen LogP contribution >= 0.6 is 0 Å². The lowest BCUT2D eigenvalue weighted by molar-refractivity contribution is -0.152. The maximum absolute atomic E-state index is 15.1. The molecule has 3 heterocycles. The maximum atomic E-state index is 15.1. The van der Waals surface area contributed by atoms with Crippen molar-refractivity contribution in [1.29, 1.82) is 0 Å². The number of carbonyl (C=O) groups excluding carboxylic acids is 3. The zero-order valence-electron chi connectivity index (χ0n) is 29.0. The molecular weight excluding hydrogens is 604 g/mol. The predicted molar refractivity (Wildman–Crippen MR) is 190 cm³/mol. The number of anilines is 2. The van der Waals surface area contributed by atoms with Gasteiger partial charge in [0.25, 0.3) is 5.91 Å². The molecule has 2 bridgehead atoms. The second kappa shape index (κ2) is 14.7. The van der Waals surface area contributed by atoms with Crippen LogP contribution in [0.3, 0.4) is 0 Å². The van der Waals surface area contributed by atoms with Crippen LogP contribution in [0, 0.1) is 11.8 Å². The molecule has 5 rings (SSSR count). The van der Waals surface area contributed by atoms with Gasteiger partial charge in [0, 0.05) is 44.1 Å². The summed E-state index contributed by atoms with van der Waals surface area (Å²) in [4.78, 5) is 51.7. The van der Waals surface area contributed by atoms with Crippen LogP contribution in [-0.2, 0) is 25.5 Å². The molecule has 258 valence electrons. The number of carbonyl (C=O) groups is 3. The van der Waals surface area contributed by atoms with Crippen molar-refractivity contribution in [1.82, 2.24) is 9.80 Å². The van der Waals surface area contributed by atoms with Crippen molar-refractivity contribution < 1.29 is 24.2 Å². The quantitative estimate of drug-likeness (QED) is 0.260. The number of benzene rings is 2. The van der Waals surface area contributed by atoms with Crippen molar-refractivity contribution >= 4 is 29.1 Å². The minimum atomic E-state index is -1.22. The second-order valence-corrected chi connectivity index (χ2v) is 13.5. The Morgan fingerprint density at radius 2 is 1.62 bits per heavy atom. The summed E-state index contributed by atoms with van der Waals surface area (Å²) in [7, 11) is 0. The summed E-state index contributed by atoms with van der Waals surface area (Å²) in [5, 5.41) is 10.9. The standard InChI is InChI=1S/C39H52N4O5/c1-7-23-41(24-8-2)35(45)32-33-36(46)43(31(27-44)26-28-15-13-12-14-16-28)34(39(33)22-21-38(32,6)48-39)37(47)42(25-9-3)30-19-17-29(18-20-30)40(10-4)11-5/h7,9,12-20,31-34,44H,1,3,8,10-11,21-27H2,2,4-6H3/t31-,32+,33+,34?,38-,39?/m1/s1. The molecule has 2 unspecified atom stereocenters. The van der Waals surface area contributed by atoms with Crippen LogP contribution in [0.15, 0.2) is 79.9 Å². The molecule has 3 fully saturated rings. The van der Waals surface area contributed by atoms with E-state index >= 15 is 4.79 Å². The molecule has 1 N–H and O–H groups in total. The van der Waals surface area contributed by atoms with Gasteiger partial charge in [-0.3, -0.25) is 14.4 Å². The zero-order valence-corrected chi connectivity index (χ0v) is 29.0. The lowest BCUT2D eigenvalue weighted by Crippen LogP contribution is -2.59. The Morgan fingerprint density at radius 1 is 0.979 bits per heavy atom. The fourth-order valence-corrected chi connectivity index (χ4v) is 8.49. The number of likely N-dealkylation sites (tertiary alicyclic amines) is 1. The topological polar surface area (TPSA) is 93.6 Å². The summed E-state index contributed by atoms with van der Waals surface area (Å²) in [5.41, 5.74) is 0.540. The smallest absolute Gasteiger partial charge is 0.253 e. The summed E-state index contributed by atoms with van der Waals surface area (Å²) in [6, 6.07) is 15.8. The molecule has 2 aromatic rings. The molecule has 0 saturated carbocycles. The van der Waals surface area contributed by atoms with Crippen molar-refractivity contribution in [2.45, 2.75) is 76.7 Å². The molecule has 0 aromatic heterocycles.